The number of hydrogen-bond acceptors (Lipinski definition) is 4. The van der Waals surface area contributed by atoms with E-state index in [1.165, 1.54) is 0 Å². The van der Waals surface area contributed by atoms with Crippen molar-refractivity contribution in [3.05, 3.63) is 28.8 Å². The molecule has 1 N–H and O–H groups in total. The second kappa shape index (κ2) is 7.25. The molecule has 132 valence electrons. The van der Waals surface area contributed by atoms with E-state index < -0.39 is 11.9 Å². The van der Waals surface area contributed by atoms with Gasteiger partial charge in [-0.3, -0.25) is 4.79 Å². The normalized spacial score (nSPS) is 13.2. The van der Waals surface area contributed by atoms with Crippen LogP contribution in [-0.4, -0.2) is 17.7 Å². The standard InChI is InChI=1S/C20H29NO3/c1-8-24-18(23)14(12-21)9-13-10-15(19(2,3)4)17(22)16(11-13)20(5,6)7/h10-11,14,22H,8-9H2,1-7H3. The topological polar surface area (TPSA) is 70.3 Å². The summed E-state index contributed by atoms with van der Waals surface area (Å²) in [5, 5.41) is 20.0. The molecule has 4 heteroatoms. The van der Waals surface area contributed by atoms with Crippen LogP contribution in [-0.2, 0) is 26.8 Å². The van der Waals surface area contributed by atoms with Gasteiger partial charge in [0.2, 0.25) is 0 Å². The van der Waals surface area contributed by atoms with Crippen molar-refractivity contribution in [1.29, 1.82) is 5.26 Å². The molecule has 4 nitrogen and oxygen atoms in total. The minimum absolute atomic E-state index is 0.244. The van der Waals surface area contributed by atoms with Gasteiger partial charge >= 0.3 is 5.97 Å². The molecule has 0 aliphatic heterocycles. The molecular formula is C20H29NO3. The Bertz CT molecular complexity index is 607. The van der Waals surface area contributed by atoms with Crippen molar-refractivity contribution in [2.45, 2.75) is 65.7 Å². The molecular weight excluding hydrogens is 302 g/mol. The number of esters is 1. The zero-order chi connectivity index (χ0) is 18.7. The lowest BCUT2D eigenvalue weighted by molar-refractivity contribution is -0.145. The Hall–Kier alpha value is -2.02. The first-order valence-corrected chi connectivity index (χ1v) is 8.35. The smallest absolute Gasteiger partial charge is 0.323 e. The molecule has 0 saturated heterocycles. The van der Waals surface area contributed by atoms with E-state index in [1.54, 1.807) is 6.92 Å². The highest BCUT2D eigenvalue weighted by molar-refractivity contribution is 5.75. The lowest BCUT2D eigenvalue weighted by atomic mass is 9.77. The second-order valence-corrected chi connectivity index (χ2v) is 8.18. The molecule has 1 atom stereocenters. The molecule has 1 rings (SSSR count). The molecule has 0 bridgehead atoms. The van der Waals surface area contributed by atoms with Crippen molar-refractivity contribution >= 4 is 5.97 Å². The zero-order valence-electron chi connectivity index (χ0n) is 15.9. The van der Waals surface area contributed by atoms with Crippen LogP contribution in [0.5, 0.6) is 5.75 Å². The van der Waals surface area contributed by atoms with Gasteiger partial charge in [-0.25, -0.2) is 0 Å². The molecule has 0 saturated carbocycles. The van der Waals surface area contributed by atoms with Gasteiger partial charge in [0.15, 0.2) is 0 Å². The number of ether oxygens (including phenoxy) is 1. The summed E-state index contributed by atoms with van der Waals surface area (Å²) < 4.78 is 4.98. The number of nitriles is 1. The van der Waals surface area contributed by atoms with Crippen molar-refractivity contribution in [2.24, 2.45) is 5.92 Å². The Kier molecular flexibility index (Phi) is 6.05. The molecule has 0 fully saturated rings. The Labute approximate surface area is 145 Å². The predicted molar refractivity (Wildman–Crippen MR) is 94.9 cm³/mol. The van der Waals surface area contributed by atoms with Gasteiger partial charge in [-0.2, -0.15) is 5.26 Å². The highest BCUT2D eigenvalue weighted by Crippen LogP contribution is 2.40. The van der Waals surface area contributed by atoms with Crippen LogP contribution in [0.15, 0.2) is 12.1 Å². The molecule has 0 aromatic heterocycles. The summed E-state index contributed by atoms with van der Waals surface area (Å²) in [5.41, 5.74) is 2.02. The van der Waals surface area contributed by atoms with E-state index in [-0.39, 0.29) is 23.9 Å². The number of aromatic hydroxyl groups is 1. The van der Waals surface area contributed by atoms with E-state index in [9.17, 15) is 15.2 Å². The summed E-state index contributed by atoms with van der Waals surface area (Å²) in [7, 11) is 0. The summed E-state index contributed by atoms with van der Waals surface area (Å²) in [6.45, 7) is 14.2. The quantitative estimate of drug-likeness (QED) is 0.838. The van der Waals surface area contributed by atoms with E-state index in [0.29, 0.717) is 5.75 Å². The van der Waals surface area contributed by atoms with Gasteiger partial charge < -0.3 is 9.84 Å². The first-order chi connectivity index (χ1) is 10.9. The number of nitrogens with zero attached hydrogens (tertiary/aromatic N) is 1. The molecule has 0 radical (unpaired) electrons. The van der Waals surface area contributed by atoms with E-state index in [1.807, 2.05) is 59.7 Å². The summed E-state index contributed by atoms with van der Waals surface area (Å²) in [6, 6.07) is 5.82. The Morgan fingerprint density at radius 3 is 1.96 bits per heavy atom. The van der Waals surface area contributed by atoms with Gasteiger partial charge in [0.25, 0.3) is 0 Å². The van der Waals surface area contributed by atoms with Crippen LogP contribution < -0.4 is 0 Å². The lowest BCUT2D eigenvalue weighted by Gasteiger charge is -2.28. The molecule has 24 heavy (non-hydrogen) atoms. The minimum atomic E-state index is -0.838. The molecule has 0 aliphatic rings. The Morgan fingerprint density at radius 1 is 1.17 bits per heavy atom. The monoisotopic (exact) mass is 331 g/mol. The van der Waals surface area contributed by atoms with Gasteiger partial charge in [0.1, 0.15) is 11.7 Å². The van der Waals surface area contributed by atoms with Crippen LogP contribution in [0.4, 0.5) is 0 Å². The Morgan fingerprint density at radius 2 is 1.62 bits per heavy atom. The number of benzene rings is 1. The number of phenolic OH excluding ortho intramolecular Hbond substituents is 1. The second-order valence-electron chi connectivity index (χ2n) is 8.18. The van der Waals surface area contributed by atoms with Crippen LogP contribution in [0.25, 0.3) is 0 Å². The van der Waals surface area contributed by atoms with Gasteiger partial charge in [-0.05, 0) is 40.9 Å². The maximum Gasteiger partial charge on any atom is 0.323 e. The summed E-state index contributed by atoms with van der Waals surface area (Å²) >= 11 is 0. The number of carbonyl (C=O) groups excluding carboxylic acids is 1. The van der Waals surface area contributed by atoms with E-state index >= 15 is 0 Å². The maximum absolute atomic E-state index is 11.9. The SMILES string of the molecule is CCOC(=O)C(C#N)Cc1cc(C(C)(C)C)c(O)c(C(C)(C)C)c1. The van der Waals surface area contributed by atoms with Crippen LogP contribution in [0.2, 0.25) is 0 Å². The molecule has 0 heterocycles. The molecule has 1 aromatic rings. The van der Waals surface area contributed by atoms with E-state index in [2.05, 4.69) is 0 Å². The van der Waals surface area contributed by atoms with Crippen molar-refractivity contribution in [2.75, 3.05) is 6.61 Å². The third-order valence-electron chi connectivity index (χ3n) is 3.95. The lowest BCUT2D eigenvalue weighted by Crippen LogP contribution is -2.21. The van der Waals surface area contributed by atoms with Crippen molar-refractivity contribution < 1.29 is 14.6 Å². The Balaban J connectivity index is 3.39. The van der Waals surface area contributed by atoms with Gasteiger partial charge in [-0.1, -0.05) is 53.7 Å². The minimum Gasteiger partial charge on any atom is -0.507 e. The molecule has 0 spiro atoms. The molecule has 0 aliphatic carbocycles. The number of rotatable bonds is 4. The largest absolute Gasteiger partial charge is 0.507 e. The van der Waals surface area contributed by atoms with Crippen molar-refractivity contribution in [3.8, 4) is 11.8 Å². The summed E-state index contributed by atoms with van der Waals surface area (Å²) in [4.78, 5) is 11.9. The van der Waals surface area contributed by atoms with Gasteiger partial charge in [-0.15, -0.1) is 0 Å². The average Bonchev–Trinajstić information content (AvgIpc) is 2.43. The summed E-state index contributed by atoms with van der Waals surface area (Å²) in [6.07, 6.45) is 0.280. The fourth-order valence-corrected chi connectivity index (χ4v) is 2.62. The highest BCUT2D eigenvalue weighted by Gasteiger charge is 2.28. The van der Waals surface area contributed by atoms with Crippen LogP contribution >= 0.6 is 0 Å². The first-order valence-electron chi connectivity index (χ1n) is 8.35. The fraction of sp³-hybridized carbons (Fsp3) is 0.600. The molecule has 0 amide bonds. The third-order valence-corrected chi connectivity index (χ3v) is 3.95. The predicted octanol–water partition coefficient (Wildman–Crippen LogP) is 4.23. The fourth-order valence-electron chi connectivity index (χ4n) is 2.62. The van der Waals surface area contributed by atoms with Crippen LogP contribution in [0, 0.1) is 17.2 Å². The summed E-state index contributed by atoms with van der Waals surface area (Å²) in [5.74, 6) is -1.04. The van der Waals surface area contributed by atoms with E-state index in [4.69, 9.17) is 4.74 Å². The van der Waals surface area contributed by atoms with Crippen LogP contribution in [0.3, 0.4) is 0 Å². The number of carbonyl (C=O) groups is 1. The zero-order valence-corrected chi connectivity index (χ0v) is 15.9. The van der Waals surface area contributed by atoms with Gasteiger partial charge in [0.05, 0.1) is 12.7 Å². The van der Waals surface area contributed by atoms with E-state index in [0.717, 1.165) is 16.7 Å². The first kappa shape index (κ1) is 20.0. The number of hydrogen-bond donors (Lipinski definition) is 1. The number of phenols is 1. The van der Waals surface area contributed by atoms with Crippen molar-refractivity contribution in [1.82, 2.24) is 0 Å². The van der Waals surface area contributed by atoms with Crippen molar-refractivity contribution in [3.63, 3.8) is 0 Å². The molecule has 1 aromatic carbocycles. The average molecular weight is 331 g/mol. The maximum atomic E-state index is 11.9. The van der Waals surface area contributed by atoms with Gasteiger partial charge in [0, 0.05) is 0 Å². The third kappa shape index (κ3) is 4.74. The van der Waals surface area contributed by atoms with Crippen LogP contribution in [0.1, 0.15) is 65.2 Å². The highest BCUT2D eigenvalue weighted by atomic mass is 16.5. The molecule has 1 unspecified atom stereocenters.